The minimum absolute atomic E-state index is 0.0325. The Morgan fingerprint density at radius 1 is 1.19 bits per heavy atom. The van der Waals surface area contributed by atoms with Crippen molar-refractivity contribution in [1.82, 2.24) is 20.2 Å². The molecule has 1 aliphatic carbocycles. The zero-order valence-electron chi connectivity index (χ0n) is 16.5. The van der Waals surface area contributed by atoms with Crippen LogP contribution >= 0.6 is 0 Å². The number of nitrogens with zero attached hydrogens (tertiary/aromatic N) is 3. The molecule has 1 N–H and O–H groups in total. The highest BCUT2D eigenvalue weighted by Gasteiger charge is 2.45. The summed E-state index contributed by atoms with van der Waals surface area (Å²) in [4.78, 5) is 24.3. The van der Waals surface area contributed by atoms with E-state index in [1.165, 1.54) is 5.56 Å². The number of amides is 2. The van der Waals surface area contributed by atoms with E-state index >= 15 is 0 Å². The van der Waals surface area contributed by atoms with Gasteiger partial charge in [-0.2, -0.15) is 0 Å². The third-order valence-electron chi connectivity index (χ3n) is 5.62. The standard InChI is InChI=1S/C22H28N4O/c1-21(2,3)25-20(27)26-13-7-11-22(15-26)12-10-17-14-23-19(24-18(17)22)16-8-5-4-6-9-16/h4-6,8-9,14H,7,10-13,15H2,1-3H3,(H,25,27). The average Bonchev–Trinajstić information content (AvgIpc) is 2.98. The number of likely N-dealkylation sites (tertiary alicyclic amines) is 1. The van der Waals surface area contributed by atoms with Crippen molar-refractivity contribution in [1.29, 1.82) is 0 Å². The van der Waals surface area contributed by atoms with Crippen molar-refractivity contribution in [3.05, 3.63) is 47.8 Å². The number of aromatic nitrogens is 2. The summed E-state index contributed by atoms with van der Waals surface area (Å²) in [6.45, 7) is 7.63. The summed E-state index contributed by atoms with van der Waals surface area (Å²) < 4.78 is 0. The van der Waals surface area contributed by atoms with Crippen LogP contribution in [0.4, 0.5) is 4.79 Å². The second kappa shape index (κ2) is 6.63. The summed E-state index contributed by atoms with van der Waals surface area (Å²) in [5.74, 6) is 0.784. The molecule has 2 aromatic rings. The SMILES string of the molecule is CC(C)(C)NC(=O)N1CCCC2(CCc3cnc(-c4ccccc4)nc32)C1. The van der Waals surface area contributed by atoms with Crippen molar-refractivity contribution < 1.29 is 4.79 Å². The van der Waals surface area contributed by atoms with E-state index in [4.69, 9.17) is 4.98 Å². The third kappa shape index (κ3) is 3.55. The van der Waals surface area contributed by atoms with Gasteiger partial charge in [0.15, 0.2) is 5.82 Å². The van der Waals surface area contributed by atoms with Crippen LogP contribution in [-0.4, -0.2) is 39.5 Å². The van der Waals surface area contributed by atoms with Gasteiger partial charge in [-0.3, -0.25) is 0 Å². The molecular formula is C22H28N4O. The van der Waals surface area contributed by atoms with Gasteiger partial charge in [-0.25, -0.2) is 14.8 Å². The number of urea groups is 1. The Labute approximate surface area is 161 Å². The molecule has 0 bridgehead atoms. The summed E-state index contributed by atoms with van der Waals surface area (Å²) >= 11 is 0. The van der Waals surface area contributed by atoms with Crippen molar-refractivity contribution in [3.63, 3.8) is 0 Å². The molecular weight excluding hydrogens is 336 g/mol. The Kier molecular flexibility index (Phi) is 4.41. The molecule has 0 saturated carbocycles. The van der Waals surface area contributed by atoms with Gasteiger partial charge < -0.3 is 10.2 Å². The van der Waals surface area contributed by atoms with E-state index < -0.39 is 0 Å². The van der Waals surface area contributed by atoms with Crippen LogP contribution in [0.1, 0.15) is 51.3 Å². The first kappa shape index (κ1) is 18.0. The summed E-state index contributed by atoms with van der Waals surface area (Å²) in [6.07, 6.45) is 6.15. The number of hydrogen-bond donors (Lipinski definition) is 1. The smallest absolute Gasteiger partial charge is 0.317 e. The van der Waals surface area contributed by atoms with Crippen molar-refractivity contribution in [2.24, 2.45) is 0 Å². The second-order valence-electron chi connectivity index (χ2n) is 8.92. The Bertz CT molecular complexity index is 839. The number of fused-ring (bicyclic) bond motifs is 2. The Hall–Kier alpha value is -2.43. The Balaban J connectivity index is 1.63. The van der Waals surface area contributed by atoms with E-state index in [2.05, 4.69) is 10.3 Å². The average molecular weight is 364 g/mol. The van der Waals surface area contributed by atoms with E-state index in [9.17, 15) is 4.79 Å². The zero-order valence-corrected chi connectivity index (χ0v) is 16.5. The second-order valence-corrected chi connectivity index (χ2v) is 8.92. The number of piperidine rings is 1. The monoisotopic (exact) mass is 364 g/mol. The lowest BCUT2D eigenvalue weighted by molar-refractivity contribution is 0.141. The van der Waals surface area contributed by atoms with Crippen LogP contribution in [0.15, 0.2) is 36.5 Å². The number of hydrogen-bond acceptors (Lipinski definition) is 3. The maximum Gasteiger partial charge on any atom is 0.317 e. The molecule has 2 amide bonds. The topological polar surface area (TPSA) is 58.1 Å². The predicted octanol–water partition coefficient (Wildman–Crippen LogP) is 3.93. The summed E-state index contributed by atoms with van der Waals surface area (Å²) in [5, 5.41) is 3.11. The highest BCUT2D eigenvalue weighted by Crippen LogP contribution is 2.44. The molecule has 1 aromatic carbocycles. The number of nitrogens with one attached hydrogen (secondary N) is 1. The van der Waals surface area contributed by atoms with E-state index in [1.807, 2.05) is 62.2 Å². The molecule has 2 heterocycles. The number of rotatable bonds is 1. The van der Waals surface area contributed by atoms with E-state index in [0.717, 1.165) is 55.9 Å². The van der Waals surface area contributed by atoms with Crippen molar-refractivity contribution in [2.45, 2.75) is 57.4 Å². The van der Waals surface area contributed by atoms with E-state index in [0.29, 0.717) is 0 Å². The van der Waals surface area contributed by atoms with Crippen LogP contribution in [0, 0.1) is 0 Å². The molecule has 1 atom stereocenters. The molecule has 0 radical (unpaired) electrons. The number of carbonyl (C=O) groups excluding carboxylic acids is 1. The fourth-order valence-electron chi connectivity index (χ4n) is 4.37. The van der Waals surface area contributed by atoms with Gasteiger partial charge >= 0.3 is 6.03 Å². The number of benzene rings is 1. The van der Waals surface area contributed by atoms with Crippen LogP contribution in [0.3, 0.4) is 0 Å². The van der Waals surface area contributed by atoms with Crippen molar-refractivity contribution in [3.8, 4) is 11.4 Å². The van der Waals surface area contributed by atoms with E-state index in [-0.39, 0.29) is 17.0 Å². The minimum atomic E-state index is -0.224. The molecule has 27 heavy (non-hydrogen) atoms. The predicted molar refractivity (Wildman–Crippen MR) is 107 cm³/mol. The molecule has 1 unspecified atom stereocenters. The van der Waals surface area contributed by atoms with Gasteiger partial charge in [0.2, 0.25) is 0 Å². The van der Waals surface area contributed by atoms with Gasteiger partial charge in [0.1, 0.15) is 0 Å². The lowest BCUT2D eigenvalue weighted by Crippen LogP contribution is -2.54. The molecule has 1 saturated heterocycles. The fraction of sp³-hybridized carbons (Fsp3) is 0.500. The summed E-state index contributed by atoms with van der Waals surface area (Å²) in [5.41, 5.74) is 3.19. The lowest BCUT2D eigenvalue weighted by atomic mass is 9.77. The zero-order chi connectivity index (χ0) is 19.1. The highest BCUT2D eigenvalue weighted by atomic mass is 16.2. The number of aryl methyl sites for hydroxylation is 1. The normalized spacial score (nSPS) is 22.0. The van der Waals surface area contributed by atoms with Crippen LogP contribution in [-0.2, 0) is 11.8 Å². The fourth-order valence-corrected chi connectivity index (χ4v) is 4.37. The van der Waals surface area contributed by atoms with Crippen LogP contribution < -0.4 is 5.32 Å². The molecule has 142 valence electrons. The molecule has 4 rings (SSSR count). The quantitative estimate of drug-likeness (QED) is 0.834. The van der Waals surface area contributed by atoms with Gasteiger partial charge in [-0.15, -0.1) is 0 Å². The Morgan fingerprint density at radius 2 is 1.96 bits per heavy atom. The third-order valence-corrected chi connectivity index (χ3v) is 5.62. The maximum absolute atomic E-state index is 12.7. The first-order valence-electron chi connectivity index (χ1n) is 9.85. The van der Waals surface area contributed by atoms with Crippen LogP contribution in [0.2, 0.25) is 0 Å². The first-order chi connectivity index (χ1) is 12.9. The Morgan fingerprint density at radius 3 is 2.70 bits per heavy atom. The van der Waals surface area contributed by atoms with Crippen LogP contribution in [0.25, 0.3) is 11.4 Å². The molecule has 2 aliphatic rings. The van der Waals surface area contributed by atoms with Gasteiger partial charge in [-0.05, 0) is 52.0 Å². The molecule has 1 aliphatic heterocycles. The first-order valence-corrected chi connectivity index (χ1v) is 9.85. The summed E-state index contributed by atoms with van der Waals surface area (Å²) in [7, 11) is 0. The maximum atomic E-state index is 12.7. The minimum Gasteiger partial charge on any atom is -0.333 e. The molecule has 5 nitrogen and oxygen atoms in total. The van der Waals surface area contributed by atoms with Gasteiger partial charge in [0.05, 0.1) is 5.69 Å². The summed E-state index contributed by atoms with van der Waals surface area (Å²) in [6, 6.07) is 10.2. The van der Waals surface area contributed by atoms with Crippen molar-refractivity contribution >= 4 is 6.03 Å². The number of carbonyl (C=O) groups is 1. The molecule has 1 aromatic heterocycles. The lowest BCUT2D eigenvalue weighted by Gasteiger charge is -2.41. The van der Waals surface area contributed by atoms with Crippen LogP contribution in [0.5, 0.6) is 0 Å². The largest absolute Gasteiger partial charge is 0.333 e. The van der Waals surface area contributed by atoms with Gasteiger partial charge in [0, 0.05) is 35.8 Å². The molecule has 1 fully saturated rings. The molecule has 5 heteroatoms. The van der Waals surface area contributed by atoms with Crippen molar-refractivity contribution in [2.75, 3.05) is 13.1 Å². The molecule has 1 spiro atoms. The highest BCUT2D eigenvalue weighted by molar-refractivity contribution is 5.75. The van der Waals surface area contributed by atoms with Gasteiger partial charge in [-0.1, -0.05) is 30.3 Å². The van der Waals surface area contributed by atoms with Gasteiger partial charge in [0.25, 0.3) is 0 Å². The van der Waals surface area contributed by atoms with E-state index in [1.54, 1.807) is 0 Å².